The van der Waals surface area contributed by atoms with Crippen molar-refractivity contribution in [1.29, 1.82) is 0 Å². The molecule has 2 aromatic rings. The summed E-state index contributed by atoms with van der Waals surface area (Å²) in [6, 6.07) is 8.59. The second kappa shape index (κ2) is 8.72. The van der Waals surface area contributed by atoms with E-state index in [0.717, 1.165) is 48.7 Å². The van der Waals surface area contributed by atoms with E-state index in [9.17, 15) is 4.79 Å². The van der Waals surface area contributed by atoms with Crippen LogP contribution in [0.1, 0.15) is 52.4 Å². The molecule has 1 saturated carbocycles. The van der Waals surface area contributed by atoms with Gasteiger partial charge >= 0.3 is 0 Å². The number of benzene rings is 1. The van der Waals surface area contributed by atoms with E-state index >= 15 is 0 Å². The summed E-state index contributed by atoms with van der Waals surface area (Å²) >= 11 is 6.07. The Hall–Kier alpha value is -1.81. The van der Waals surface area contributed by atoms with Gasteiger partial charge in [0.2, 0.25) is 5.91 Å². The van der Waals surface area contributed by atoms with Gasteiger partial charge in [0.15, 0.2) is 0 Å². The van der Waals surface area contributed by atoms with Gasteiger partial charge in [-0.2, -0.15) is 0 Å². The van der Waals surface area contributed by atoms with Crippen molar-refractivity contribution in [3.8, 4) is 0 Å². The van der Waals surface area contributed by atoms with Gasteiger partial charge in [-0.05, 0) is 62.3 Å². The van der Waals surface area contributed by atoms with Gasteiger partial charge in [0.05, 0.1) is 5.52 Å². The first-order valence-corrected chi connectivity index (χ1v) is 9.99. The molecule has 1 aromatic carbocycles. The van der Waals surface area contributed by atoms with Crippen LogP contribution in [0.25, 0.3) is 10.9 Å². The summed E-state index contributed by atoms with van der Waals surface area (Å²) in [6.07, 6.45) is 7.60. The van der Waals surface area contributed by atoms with Crippen molar-refractivity contribution in [2.24, 2.45) is 5.92 Å². The number of halogens is 1. The Labute approximate surface area is 160 Å². The van der Waals surface area contributed by atoms with Crippen LogP contribution >= 0.6 is 11.6 Å². The number of nitrogens with zero attached hydrogens (tertiary/aromatic N) is 1. The lowest BCUT2D eigenvalue weighted by molar-refractivity contribution is -0.122. The molecule has 3 rings (SSSR count). The summed E-state index contributed by atoms with van der Waals surface area (Å²) in [6.45, 7) is 4.31. The number of aromatic nitrogens is 1. The highest BCUT2D eigenvalue weighted by Crippen LogP contribution is 2.28. The largest absolute Gasteiger partial charge is 0.382 e. The van der Waals surface area contributed by atoms with Crippen LogP contribution < -0.4 is 10.6 Å². The zero-order valence-electron chi connectivity index (χ0n) is 15.6. The van der Waals surface area contributed by atoms with E-state index in [1.807, 2.05) is 30.5 Å². The smallest absolute Gasteiger partial charge is 0.220 e. The summed E-state index contributed by atoms with van der Waals surface area (Å²) in [7, 11) is 0. The van der Waals surface area contributed by atoms with Gasteiger partial charge in [-0.3, -0.25) is 9.78 Å². The van der Waals surface area contributed by atoms with Crippen LogP contribution in [-0.4, -0.2) is 23.0 Å². The molecule has 0 radical (unpaired) electrons. The van der Waals surface area contributed by atoms with Gasteiger partial charge in [0.25, 0.3) is 0 Å². The van der Waals surface area contributed by atoms with E-state index < -0.39 is 0 Å². The minimum absolute atomic E-state index is 0.201. The molecule has 1 fully saturated rings. The van der Waals surface area contributed by atoms with Crippen LogP contribution in [0.3, 0.4) is 0 Å². The fourth-order valence-corrected chi connectivity index (χ4v) is 3.74. The molecule has 0 aliphatic heterocycles. The molecular formula is C21H28ClN3O. The number of fused-ring (bicyclic) bond motifs is 1. The molecule has 1 amide bonds. The molecule has 1 heterocycles. The number of hydrogen-bond donors (Lipinski definition) is 2. The molecule has 140 valence electrons. The van der Waals surface area contributed by atoms with Crippen LogP contribution in [0.5, 0.6) is 0 Å². The van der Waals surface area contributed by atoms with E-state index in [2.05, 4.69) is 29.5 Å². The maximum Gasteiger partial charge on any atom is 0.220 e. The van der Waals surface area contributed by atoms with Crippen LogP contribution in [0.4, 0.5) is 5.69 Å². The molecule has 0 spiro atoms. The van der Waals surface area contributed by atoms with Crippen LogP contribution in [-0.2, 0) is 4.79 Å². The molecule has 0 saturated heterocycles. The predicted molar refractivity (Wildman–Crippen MR) is 109 cm³/mol. The van der Waals surface area contributed by atoms with Crippen molar-refractivity contribution in [3.63, 3.8) is 0 Å². The highest BCUT2D eigenvalue weighted by molar-refractivity contribution is 6.31. The van der Waals surface area contributed by atoms with Gasteiger partial charge < -0.3 is 10.6 Å². The Morgan fingerprint density at radius 2 is 1.92 bits per heavy atom. The minimum Gasteiger partial charge on any atom is -0.382 e. The van der Waals surface area contributed by atoms with Crippen molar-refractivity contribution in [2.75, 3.05) is 5.32 Å². The minimum atomic E-state index is 0.201. The predicted octanol–water partition coefficient (Wildman–Crippen LogP) is 5.16. The molecule has 0 unspecified atom stereocenters. The number of nitrogens with one attached hydrogen (secondary N) is 2. The summed E-state index contributed by atoms with van der Waals surface area (Å²) in [5.41, 5.74) is 2.02. The van der Waals surface area contributed by atoms with Crippen molar-refractivity contribution in [2.45, 2.75) is 64.5 Å². The lowest BCUT2D eigenvalue weighted by atomic mass is 9.90. The number of anilines is 1. The molecule has 0 bridgehead atoms. The Morgan fingerprint density at radius 1 is 1.19 bits per heavy atom. The Kier molecular flexibility index (Phi) is 6.36. The molecule has 0 atom stereocenters. The summed E-state index contributed by atoms with van der Waals surface area (Å²) in [4.78, 5) is 16.4. The van der Waals surface area contributed by atoms with E-state index in [1.165, 1.54) is 0 Å². The van der Waals surface area contributed by atoms with Crippen LogP contribution in [0, 0.1) is 5.92 Å². The first-order chi connectivity index (χ1) is 12.5. The molecule has 1 aliphatic carbocycles. The monoisotopic (exact) mass is 373 g/mol. The van der Waals surface area contributed by atoms with E-state index in [0.29, 0.717) is 29.4 Å². The first-order valence-electron chi connectivity index (χ1n) is 9.61. The first kappa shape index (κ1) is 19.0. The molecule has 1 aliphatic rings. The average Bonchev–Trinajstić information content (AvgIpc) is 2.61. The van der Waals surface area contributed by atoms with Gasteiger partial charge in [0, 0.05) is 40.8 Å². The third-order valence-electron chi connectivity index (χ3n) is 5.11. The number of pyridine rings is 1. The fraction of sp³-hybridized carbons (Fsp3) is 0.524. The SMILES string of the molecule is CC(C)CCC(=O)NC1CCC(Nc2ccnc3cc(Cl)ccc23)CC1. The number of hydrogen-bond acceptors (Lipinski definition) is 3. The van der Waals surface area contributed by atoms with Crippen molar-refractivity contribution >= 4 is 34.1 Å². The molecule has 1 aromatic heterocycles. The topological polar surface area (TPSA) is 54.0 Å². The molecule has 2 N–H and O–H groups in total. The lowest BCUT2D eigenvalue weighted by Crippen LogP contribution is -2.40. The summed E-state index contributed by atoms with van der Waals surface area (Å²) < 4.78 is 0. The quantitative estimate of drug-likeness (QED) is 0.734. The van der Waals surface area contributed by atoms with Crippen LogP contribution in [0.2, 0.25) is 5.02 Å². The van der Waals surface area contributed by atoms with Gasteiger partial charge in [0.1, 0.15) is 0 Å². The second-order valence-corrected chi connectivity index (χ2v) is 8.15. The highest BCUT2D eigenvalue weighted by Gasteiger charge is 2.22. The maximum atomic E-state index is 12.0. The number of carbonyl (C=O) groups is 1. The van der Waals surface area contributed by atoms with E-state index in [4.69, 9.17) is 11.6 Å². The second-order valence-electron chi connectivity index (χ2n) is 7.71. The van der Waals surface area contributed by atoms with Crippen molar-refractivity contribution in [3.05, 3.63) is 35.5 Å². The highest BCUT2D eigenvalue weighted by atomic mass is 35.5. The zero-order chi connectivity index (χ0) is 18.5. The number of carbonyl (C=O) groups excluding carboxylic acids is 1. The fourth-order valence-electron chi connectivity index (χ4n) is 3.57. The third kappa shape index (κ3) is 5.10. The van der Waals surface area contributed by atoms with Crippen molar-refractivity contribution < 1.29 is 4.79 Å². The number of rotatable bonds is 6. The Morgan fingerprint density at radius 3 is 2.65 bits per heavy atom. The normalized spacial score (nSPS) is 20.3. The zero-order valence-corrected chi connectivity index (χ0v) is 16.4. The molecule has 26 heavy (non-hydrogen) atoms. The van der Waals surface area contributed by atoms with Gasteiger partial charge in [-0.15, -0.1) is 0 Å². The van der Waals surface area contributed by atoms with Crippen LogP contribution in [0.15, 0.2) is 30.5 Å². The maximum absolute atomic E-state index is 12.0. The average molecular weight is 374 g/mol. The lowest BCUT2D eigenvalue weighted by Gasteiger charge is -2.30. The van der Waals surface area contributed by atoms with Gasteiger partial charge in [-0.25, -0.2) is 0 Å². The number of amides is 1. The van der Waals surface area contributed by atoms with Gasteiger partial charge in [-0.1, -0.05) is 25.4 Å². The molecular weight excluding hydrogens is 346 g/mol. The van der Waals surface area contributed by atoms with Crippen molar-refractivity contribution in [1.82, 2.24) is 10.3 Å². The third-order valence-corrected chi connectivity index (χ3v) is 5.34. The summed E-state index contributed by atoms with van der Waals surface area (Å²) in [5, 5.41) is 8.67. The Bertz CT molecular complexity index is 754. The summed E-state index contributed by atoms with van der Waals surface area (Å²) in [5.74, 6) is 0.776. The molecule has 5 heteroatoms. The van der Waals surface area contributed by atoms with E-state index in [-0.39, 0.29) is 5.91 Å². The van der Waals surface area contributed by atoms with E-state index in [1.54, 1.807) is 0 Å². The Balaban J connectivity index is 1.52. The standard InChI is InChI=1S/C21H28ClN3O/c1-14(2)3-10-21(26)25-17-7-5-16(6-8-17)24-19-11-12-23-20-13-15(22)4-9-18(19)20/h4,9,11-14,16-17H,3,5-8,10H2,1-2H3,(H,23,24)(H,25,26). The molecule has 4 nitrogen and oxygen atoms in total.